The summed E-state index contributed by atoms with van der Waals surface area (Å²) in [7, 11) is 0. The highest BCUT2D eigenvalue weighted by atomic mass is 16.5. The van der Waals surface area contributed by atoms with Crippen molar-refractivity contribution in [2.24, 2.45) is 0 Å². The van der Waals surface area contributed by atoms with Gasteiger partial charge in [-0.1, -0.05) is 41.9 Å². The third kappa shape index (κ3) is 3.43. The van der Waals surface area contributed by atoms with Crippen LogP contribution in [0.4, 0.5) is 0 Å². The van der Waals surface area contributed by atoms with Gasteiger partial charge in [-0.15, -0.1) is 0 Å². The molecule has 1 N–H and O–H groups in total. The Kier molecular flexibility index (Phi) is 4.40. The molecule has 5 heteroatoms. The summed E-state index contributed by atoms with van der Waals surface area (Å²) in [5, 5.41) is 7.44. The molecule has 20 heavy (non-hydrogen) atoms. The standard InChI is InChI=1S/C15H19N3O2/c1-2-6-12(7-3-1)10-19-11-14-17-15(18-20-14)13-8-4-5-9-16-13/h1-3,6-7,13,16H,4-5,8-11H2/t13-/m1/s1. The normalized spacial score (nSPS) is 19.1. The minimum atomic E-state index is 0.232. The Morgan fingerprint density at radius 1 is 1.20 bits per heavy atom. The summed E-state index contributed by atoms with van der Waals surface area (Å²) >= 11 is 0. The first-order valence-electron chi connectivity index (χ1n) is 7.09. The van der Waals surface area contributed by atoms with Crippen molar-refractivity contribution in [1.82, 2.24) is 15.5 Å². The Morgan fingerprint density at radius 2 is 2.10 bits per heavy atom. The number of rotatable bonds is 5. The Balaban J connectivity index is 1.50. The fourth-order valence-electron chi connectivity index (χ4n) is 2.37. The van der Waals surface area contributed by atoms with Crippen LogP contribution in [0.3, 0.4) is 0 Å². The molecular weight excluding hydrogens is 254 g/mol. The van der Waals surface area contributed by atoms with E-state index in [1.807, 2.05) is 30.3 Å². The number of nitrogens with zero attached hydrogens (tertiary/aromatic N) is 2. The monoisotopic (exact) mass is 273 g/mol. The maximum absolute atomic E-state index is 5.59. The summed E-state index contributed by atoms with van der Waals surface area (Å²) < 4.78 is 10.8. The number of hydrogen-bond acceptors (Lipinski definition) is 5. The maximum Gasteiger partial charge on any atom is 0.252 e. The molecule has 1 fully saturated rings. The lowest BCUT2D eigenvalue weighted by atomic mass is 10.0. The topological polar surface area (TPSA) is 60.2 Å². The predicted octanol–water partition coefficient (Wildman–Crippen LogP) is 2.60. The van der Waals surface area contributed by atoms with Crippen LogP contribution in [0, 0.1) is 0 Å². The van der Waals surface area contributed by atoms with Gasteiger partial charge in [0, 0.05) is 0 Å². The first-order valence-corrected chi connectivity index (χ1v) is 7.09. The van der Waals surface area contributed by atoms with Crippen molar-refractivity contribution >= 4 is 0 Å². The molecule has 5 nitrogen and oxygen atoms in total. The molecule has 1 atom stereocenters. The smallest absolute Gasteiger partial charge is 0.252 e. The quantitative estimate of drug-likeness (QED) is 0.907. The van der Waals surface area contributed by atoms with Crippen molar-refractivity contribution in [1.29, 1.82) is 0 Å². The van der Waals surface area contributed by atoms with E-state index < -0.39 is 0 Å². The van der Waals surface area contributed by atoms with Crippen LogP contribution in [-0.2, 0) is 18.0 Å². The number of nitrogens with one attached hydrogen (secondary N) is 1. The first kappa shape index (κ1) is 13.3. The predicted molar refractivity (Wildman–Crippen MR) is 73.8 cm³/mol. The van der Waals surface area contributed by atoms with Crippen LogP contribution in [0.5, 0.6) is 0 Å². The molecule has 0 bridgehead atoms. The molecule has 1 aromatic heterocycles. The van der Waals surface area contributed by atoms with Crippen LogP contribution < -0.4 is 5.32 Å². The van der Waals surface area contributed by atoms with Crippen molar-refractivity contribution in [2.45, 2.75) is 38.5 Å². The molecule has 0 spiro atoms. The van der Waals surface area contributed by atoms with Crippen LogP contribution in [0.1, 0.15) is 42.6 Å². The van der Waals surface area contributed by atoms with E-state index in [-0.39, 0.29) is 6.04 Å². The molecule has 0 radical (unpaired) electrons. The molecule has 2 aromatic rings. The summed E-state index contributed by atoms with van der Waals surface area (Å²) in [6.07, 6.45) is 3.51. The largest absolute Gasteiger partial charge is 0.367 e. The van der Waals surface area contributed by atoms with Crippen molar-refractivity contribution in [3.8, 4) is 0 Å². The highest BCUT2D eigenvalue weighted by molar-refractivity contribution is 5.13. The molecular formula is C15H19N3O2. The maximum atomic E-state index is 5.59. The van der Waals surface area contributed by atoms with Crippen molar-refractivity contribution in [3.05, 3.63) is 47.6 Å². The number of ether oxygens (including phenoxy) is 1. The minimum Gasteiger partial charge on any atom is -0.367 e. The summed E-state index contributed by atoms with van der Waals surface area (Å²) in [6.45, 7) is 1.94. The zero-order valence-electron chi connectivity index (χ0n) is 11.4. The molecule has 3 rings (SSSR count). The highest BCUT2D eigenvalue weighted by Gasteiger charge is 2.20. The van der Waals surface area contributed by atoms with E-state index in [9.17, 15) is 0 Å². The van der Waals surface area contributed by atoms with E-state index in [0.717, 1.165) is 24.4 Å². The van der Waals surface area contributed by atoms with Gasteiger partial charge in [0.2, 0.25) is 0 Å². The zero-order chi connectivity index (χ0) is 13.6. The zero-order valence-corrected chi connectivity index (χ0v) is 11.4. The second-order valence-corrected chi connectivity index (χ2v) is 5.03. The van der Waals surface area contributed by atoms with Crippen molar-refractivity contribution in [2.75, 3.05) is 6.54 Å². The molecule has 0 amide bonds. The van der Waals surface area contributed by atoms with E-state index in [4.69, 9.17) is 9.26 Å². The van der Waals surface area contributed by atoms with E-state index in [0.29, 0.717) is 19.1 Å². The molecule has 1 aromatic carbocycles. The molecule has 106 valence electrons. The molecule has 0 aliphatic carbocycles. The van der Waals surface area contributed by atoms with Crippen LogP contribution in [0.15, 0.2) is 34.9 Å². The van der Waals surface area contributed by atoms with Gasteiger partial charge in [-0.3, -0.25) is 0 Å². The summed E-state index contributed by atoms with van der Waals surface area (Å²) in [5.41, 5.74) is 1.14. The minimum absolute atomic E-state index is 0.232. The Hall–Kier alpha value is -1.72. The number of piperidine rings is 1. The van der Waals surface area contributed by atoms with Crippen molar-refractivity contribution in [3.63, 3.8) is 0 Å². The fourth-order valence-corrected chi connectivity index (χ4v) is 2.37. The fraction of sp³-hybridized carbons (Fsp3) is 0.467. The number of hydrogen-bond donors (Lipinski definition) is 1. The van der Waals surface area contributed by atoms with Crippen molar-refractivity contribution < 1.29 is 9.26 Å². The Morgan fingerprint density at radius 3 is 2.90 bits per heavy atom. The first-order chi connectivity index (χ1) is 9.92. The van der Waals surface area contributed by atoms with Crippen LogP contribution in [0.2, 0.25) is 0 Å². The summed E-state index contributed by atoms with van der Waals surface area (Å²) in [5.74, 6) is 1.30. The summed E-state index contributed by atoms with van der Waals surface area (Å²) in [6, 6.07) is 10.3. The lowest BCUT2D eigenvalue weighted by Crippen LogP contribution is -2.27. The summed E-state index contributed by atoms with van der Waals surface area (Å²) in [4.78, 5) is 4.40. The second kappa shape index (κ2) is 6.63. The van der Waals surface area contributed by atoms with Crippen LogP contribution >= 0.6 is 0 Å². The molecule has 1 aliphatic heterocycles. The highest BCUT2D eigenvalue weighted by Crippen LogP contribution is 2.20. The van der Waals surface area contributed by atoms with E-state index in [1.165, 1.54) is 12.8 Å². The van der Waals surface area contributed by atoms with Gasteiger partial charge in [0.25, 0.3) is 5.89 Å². The third-order valence-electron chi connectivity index (χ3n) is 3.44. The Labute approximate surface area is 118 Å². The number of aromatic nitrogens is 2. The molecule has 1 aliphatic rings. The second-order valence-electron chi connectivity index (χ2n) is 5.03. The lowest BCUT2D eigenvalue weighted by molar-refractivity contribution is 0.0850. The van der Waals surface area contributed by atoms with E-state index in [2.05, 4.69) is 15.5 Å². The van der Waals surface area contributed by atoms with E-state index in [1.54, 1.807) is 0 Å². The van der Waals surface area contributed by atoms with Gasteiger partial charge in [0.05, 0.1) is 12.6 Å². The number of benzene rings is 1. The average molecular weight is 273 g/mol. The molecule has 1 saturated heterocycles. The molecule has 2 heterocycles. The molecule has 0 saturated carbocycles. The van der Waals surface area contributed by atoms with Gasteiger partial charge in [-0.2, -0.15) is 4.98 Å². The van der Waals surface area contributed by atoms with Gasteiger partial charge in [0.1, 0.15) is 6.61 Å². The van der Waals surface area contributed by atoms with Crippen LogP contribution in [0.25, 0.3) is 0 Å². The average Bonchev–Trinajstić information content (AvgIpc) is 2.98. The third-order valence-corrected chi connectivity index (χ3v) is 3.44. The van der Waals surface area contributed by atoms with Gasteiger partial charge in [-0.25, -0.2) is 0 Å². The van der Waals surface area contributed by atoms with Gasteiger partial charge in [-0.05, 0) is 24.9 Å². The van der Waals surface area contributed by atoms with Gasteiger partial charge in [0.15, 0.2) is 5.82 Å². The van der Waals surface area contributed by atoms with E-state index >= 15 is 0 Å². The SMILES string of the molecule is c1ccc(COCc2nc([C@H]3CCCCN3)no2)cc1. The Bertz CT molecular complexity index is 521. The van der Waals surface area contributed by atoms with Gasteiger partial charge >= 0.3 is 0 Å². The van der Waals surface area contributed by atoms with Crippen LogP contribution in [-0.4, -0.2) is 16.7 Å². The van der Waals surface area contributed by atoms with Gasteiger partial charge < -0.3 is 14.6 Å². The lowest BCUT2D eigenvalue weighted by Gasteiger charge is -2.19. The molecule has 0 unspecified atom stereocenters.